The molecule has 6 nitrogen and oxygen atoms in total. The summed E-state index contributed by atoms with van der Waals surface area (Å²) < 4.78 is 31.4. The van der Waals surface area contributed by atoms with E-state index in [1.807, 2.05) is 42.5 Å². The number of ether oxygens (including phenoxy) is 1. The minimum absolute atomic E-state index is 0.0144. The van der Waals surface area contributed by atoms with E-state index in [4.69, 9.17) is 27.9 Å². The first-order chi connectivity index (χ1) is 16.2. The molecule has 0 aliphatic heterocycles. The van der Waals surface area contributed by atoms with Crippen LogP contribution in [0.3, 0.4) is 0 Å². The second-order valence-corrected chi connectivity index (χ2v) is 10.6. The van der Waals surface area contributed by atoms with Crippen molar-refractivity contribution in [1.29, 1.82) is 0 Å². The Kier molecular flexibility index (Phi) is 9.62. The number of nitrogens with zero attached hydrogens (tertiary/aromatic N) is 1. The second kappa shape index (κ2) is 12.4. The molecule has 0 saturated heterocycles. The Morgan fingerprint density at radius 2 is 1.68 bits per heavy atom. The van der Waals surface area contributed by atoms with Gasteiger partial charge in [-0.1, -0.05) is 71.7 Å². The van der Waals surface area contributed by atoms with Gasteiger partial charge >= 0.3 is 0 Å². The maximum Gasteiger partial charge on any atom is 0.229 e. The zero-order valence-electron chi connectivity index (χ0n) is 18.8. The van der Waals surface area contributed by atoms with E-state index in [2.05, 4.69) is 9.62 Å². The van der Waals surface area contributed by atoms with Gasteiger partial charge in [-0.2, -0.15) is 0 Å². The molecule has 3 aromatic rings. The summed E-state index contributed by atoms with van der Waals surface area (Å²) in [5.41, 5.74) is 2.52. The van der Waals surface area contributed by atoms with Gasteiger partial charge in [-0.25, -0.2) is 8.42 Å². The van der Waals surface area contributed by atoms with Gasteiger partial charge in [0, 0.05) is 19.6 Å². The first-order valence-corrected chi connectivity index (χ1v) is 13.4. The van der Waals surface area contributed by atoms with E-state index >= 15 is 0 Å². The summed E-state index contributed by atoms with van der Waals surface area (Å²) in [5, 5.41) is 11.8. The van der Waals surface area contributed by atoms with Gasteiger partial charge in [0.25, 0.3) is 0 Å². The van der Waals surface area contributed by atoms with Crippen molar-refractivity contribution in [1.82, 2.24) is 4.90 Å². The topological polar surface area (TPSA) is 78.9 Å². The Balaban J connectivity index is 1.63. The number of rotatable bonds is 12. The highest BCUT2D eigenvalue weighted by Crippen LogP contribution is 2.25. The van der Waals surface area contributed by atoms with Crippen LogP contribution in [0.25, 0.3) is 0 Å². The molecule has 2 N–H and O–H groups in total. The lowest BCUT2D eigenvalue weighted by atomic mass is 10.1. The van der Waals surface area contributed by atoms with Crippen molar-refractivity contribution in [2.45, 2.75) is 19.1 Å². The molecule has 0 aromatic heterocycles. The highest BCUT2D eigenvalue weighted by molar-refractivity contribution is 7.92. The normalized spacial score (nSPS) is 12.5. The van der Waals surface area contributed by atoms with Crippen molar-refractivity contribution in [3.05, 3.63) is 94.0 Å². The number of aliphatic hydroxyl groups excluding tert-OH is 1. The van der Waals surface area contributed by atoms with Crippen molar-refractivity contribution < 1.29 is 18.3 Å². The number of hydrogen-bond donors (Lipinski definition) is 2. The molecule has 0 spiro atoms. The summed E-state index contributed by atoms with van der Waals surface area (Å²) in [6.07, 6.45) is 1.02. The fraction of sp³-hybridized carbons (Fsp3) is 0.280. The average molecular weight is 523 g/mol. The van der Waals surface area contributed by atoms with Crippen molar-refractivity contribution in [3.8, 4) is 5.75 Å². The lowest BCUT2D eigenvalue weighted by Crippen LogP contribution is -2.36. The number of halogens is 2. The molecule has 0 aliphatic carbocycles. The molecular formula is C25H28Cl2N2O4S. The van der Waals surface area contributed by atoms with Gasteiger partial charge in [0.1, 0.15) is 18.5 Å². The second-order valence-electron chi connectivity index (χ2n) is 8.05. The lowest BCUT2D eigenvalue weighted by molar-refractivity contribution is 0.0662. The van der Waals surface area contributed by atoms with Crippen LogP contribution in [-0.4, -0.2) is 50.5 Å². The summed E-state index contributed by atoms with van der Waals surface area (Å²) in [6.45, 7) is 1.74. The van der Waals surface area contributed by atoms with Crippen molar-refractivity contribution in [2.24, 2.45) is 0 Å². The number of nitrogens with one attached hydrogen (secondary N) is 1. The van der Waals surface area contributed by atoms with E-state index in [0.29, 0.717) is 41.1 Å². The van der Waals surface area contributed by atoms with Crippen LogP contribution in [0.5, 0.6) is 5.75 Å². The third-order valence-electron chi connectivity index (χ3n) is 5.03. The zero-order chi connectivity index (χ0) is 24.6. The molecule has 0 amide bonds. The maximum absolute atomic E-state index is 11.6. The molecule has 0 bridgehead atoms. The van der Waals surface area contributed by atoms with Crippen LogP contribution in [0, 0.1) is 0 Å². The number of aliphatic hydroxyl groups is 1. The van der Waals surface area contributed by atoms with Gasteiger partial charge in [0.2, 0.25) is 10.0 Å². The summed E-state index contributed by atoms with van der Waals surface area (Å²) in [5.74, 6) is 0.359. The smallest absolute Gasteiger partial charge is 0.229 e. The van der Waals surface area contributed by atoms with Gasteiger partial charge in [0.05, 0.1) is 22.0 Å². The lowest BCUT2D eigenvalue weighted by Gasteiger charge is -2.25. The first kappa shape index (κ1) is 26.3. The Labute approximate surface area is 211 Å². The van der Waals surface area contributed by atoms with Crippen LogP contribution in [0.1, 0.15) is 11.1 Å². The highest BCUT2D eigenvalue weighted by Gasteiger charge is 2.15. The number of benzene rings is 3. The number of anilines is 1. The van der Waals surface area contributed by atoms with Gasteiger partial charge < -0.3 is 9.84 Å². The quantitative estimate of drug-likeness (QED) is 0.355. The SMILES string of the molecule is CS(=O)(=O)Nc1ccccc1OCC(O)CN(CCc1ccc(Cl)c(Cl)c1)Cc1ccccc1. The third kappa shape index (κ3) is 8.81. The van der Waals surface area contributed by atoms with Crippen molar-refractivity contribution in [3.63, 3.8) is 0 Å². The van der Waals surface area contributed by atoms with E-state index in [0.717, 1.165) is 23.8 Å². The zero-order valence-corrected chi connectivity index (χ0v) is 21.2. The molecule has 0 saturated carbocycles. The molecule has 1 atom stereocenters. The minimum Gasteiger partial charge on any atom is -0.489 e. The third-order valence-corrected chi connectivity index (χ3v) is 6.36. The molecule has 9 heteroatoms. The molecular weight excluding hydrogens is 495 g/mol. The summed E-state index contributed by atoms with van der Waals surface area (Å²) in [7, 11) is -3.45. The van der Waals surface area contributed by atoms with Crippen LogP contribution in [0.15, 0.2) is 72.8 Å². The molecule has 34 heavy (non-hydrogen) atoms. The molecule has 182 valence electrons. The van der Waals surface area contributed by atoms with Gasteiger partial charge in [-0.05, 0) is 41.8 Å². The first-order valence-electron chi connectivity index (χ1n) is 10.8. The van der Waals surface area contributed by atoms with Crippen LogP contribution < -0.4 is 9.46 Å². The Morgan fingerprint density at radius 1 is 0.971 bits per heavy atom. The molecule has 3 aromatic carbocycles. The molecule has 0 aliphatic rings. The Hall–Kier alpha value is -2.29. The van der Waals surface area contributed by atoms with E-state index in [-0.39, 0.29) is 6.61 Å². The molecule has 3 rings (SSSR count). The number of para-hydroxylation sites is 2. The summed E-state index contributed by atoms with van der Waals surface area (Å²) >= 11 is 12.2. The van der Waals surface area contributed by atoms with Crippen LogP contribution >= 0.6 is 23.2 Å². The van der Waals surface area contributed by atoms with E-state index in [1.54, 1.807) is 30.3 Å². The minimum atomic E-state index is -3.45. The van der Waals surface area contributed by atoms with E-state index < -0.39 is 16.1 Å². The van der Waals surface area contributed by atoms with Crippen LogP contribution in [-0.2, 0) is 23.0 Å². The summed E-state index contributed by atoms with van der Waals surface area (Å²) in [4.78, 5) is 2.15. The predicted octanol–water partition coefficient (Wildman–Crippen LogP) is 4.85. The van der Waals surface area contributed by atoms with Gasteiger partial charge in [-0.15, -0.1) is 0 Å². The van der Waals surface area contributed by atoms with Gasteiger partial charge in [-0.3, -0.25) is 9.62 Å². The Bertz CT molecular complexity index is 1180. The molecule has 1 unspecified atom stereocenters. The van der Waals surface area contributed by atoms with Crippen molar-refractivity contribution >= 4 is 38.9 Å². The maximum atomic E-state index is 11.6. The molecule has 0 heterocycles. The summed E-state index contributed by atoms with van der Waals surface area (Å²) in [6, 6.07) is 22.3. The average Bonchev–Trinajstić information content (AvgIpc) is 2.79. The highest BCUT2D eigenvalue weighted by atomic mass is 35.5. The molecule has 0 fully saturated rings. The Morgan fingerprint density at radius 3 is 2.38 bits per heavy atom. The van der Waals surface area contributed by atoms with Crippen LogP contribution in [0.2, 0.25) is 10.0 Å². The number of hydrogen-bond acceptors (Lipinski definition) is 5. The largest absolute Gasteiger partial charge is 0.489 e. The van der Waals surface area contributed by atoms with E-state index in [1.165, 1.54) is 0 Å². The standard InChI is InChI=1S/C25H28Cl2N2O4S/c1-34(31,32)28-24-9-5-6-10-25(24)33-18-21(30)17-29(16-20-7-3-2-4-8-20)14-13-19-11-12-22(26)23(27)15-19/h2-12,15,21,28,30H,13-14,16-18H2,1H3. The number of sulfonamides is 1. The van der Waals surface area contributed by atoms with Gasteiger partial charge in [0.15, 0.2) is 0 Å². The monoisotopic (exact) mass is 522 g/mol. The molecule has 0 radical (unpaired) electrons. The fourth-order valence-electron chi connectivity index (χ4n) is 3.47. The fourth-order valence-corrected chi connectivity index (χ4v) is 4.36. The van der Waals surface area contributed by atoms with E-state index in [9.17, 15) is 13.5 Å². The van der Waals surface area contributed by atoms with Crippen molar-refractivity contribution in [2.75, 3.05) is 30.7 Å². The van der Waals surface area contributed by atoms with Crippen LogP contribution in [0.4, 0.5) is 5.69 Å². The predicted molar refractivity (Wildman–Crippen MR) is 138 cm³/mol.